The van der Waals surface area contributed by atoms with E-state index < -0.39 is 10.0 Å². The van der Waals surface area contributed by atoms with Gasteiger partial charge in [0.05, 0.1) is 16.0 Å². The van der Waals surface area contributed by atoms with Crippen molar-refractivity contribution >= 4 is 60.6 Å². The number of carbonyl (C=O) groups excluding carboxylic acids is 1. The zero-order chi connectivity index (χ0) is 24.7. The van der Waals surface area contributed by atoms with E-state index in [-0.39, 0.29) is 15.9 Å². The molecule has 3 rings (SSSR count). The maximum Gasteiger partial charge on any atom is 0.261 e. The molecule has 3 aromatic rings. The quantitative estimate of drug-likeness (QED) is 0.318. The predicted molar refractivity (Wildman–Crippen MR) is 142 cm³/mol. The van der Waals surface area contributed by atoms with Gasteiger partial charge in [-0.2, -0.15) is 0 Å². The summed E-state index contributed by atoms with van der Waals surface area (Å²) in [6.07, 6.45) is 0. The van der Waals surface area contributed by atoms with Crippen molar-refractivity contribution in [2.75, 3.05) is 16.6 Å². The average Bonchev–Trinajstić information content (AvgIpc) is 2.78. The van der Waals surface area contributed by atoms with E-state index in [1.807, 2.05) is 0 Å². The van der Waals surface area contributed by atoms with E-state index in [1.54, 1.807) is 60.7 Å². The Labute approximate surface area is 213 Å². The molecule has 0 heterocycles. The first-order valence-corrected chi connectivity index (χ1v) is 13.0. The van der Waals surface area contributed by atoms with Crippen LogP contribution >= 0.6 is 28.1 Å². The van der Waals surface area contributed by atoms with Gasteiger partial charge in [0.1, 0.15) is 5.75 Å². The van der Waals surface area contributed by atoms with Crippen molar-refractivity contribution in [3.63, 3.8) is 0 Å². The molecule has 0 atom stereocenters. The van der Waals surface area contributed by atoms with E-state index in [0.29, 0.717) is 39.7 Å². The van der Waals surface area contributed by atoms with Crippen LogP contribution in [0.1, 0.15) is 24.2 Å². The van der Waals surface area contributed by atoms with Gasteiger partial charge >= 0.3 is 0 Å². The number of halogens is 1. The number of hydrogen-bond donors (Lipinski definition) is 3. The Kier molecular flexibility index (Phi) is 8.65. The lowest BCUT2D eigenvalue weighted by atomic mass is 10.2. The van der Waals surface area contributed by atoms with Crippen molar-refractivity contribution < 1.29 is 17.9 Å². The Hall–Kier alpha value is -2.95. The second kappa shape index (κ2) is 11.5. The minimum atomic E-state index is -3.73. The largest absolute Gasteiger partial charge is 0.492 e. The fourth-order valence-electron chi connectivity index (χ4n) is 2.79. The molecule has 3 N–H and O–H groups in total. The number of ether oxygens (including phenoxy) is 1. The normalized spacial score (nSPS) is 11.1. The molecule has 7 nitrogen and oxygen atoms in total. The lowest BCUT2D eigenvalue weighted by molar-refractivity contribution is 0.0977. The van der Waals surface area contributed by atoms with Crippen LogP contribution in [0.3, 0.4) is 0 Å². The molecule has 0 unspecified atom stereocenters. The van der Waals surface area contributed by atoms with E-state index in [4.69, 9.17) is 17.0 Å². The van der Waals surface area contributed by atoms with Gasteiger partial charge in [-0.05, 0) is 88.7 Å². The standard InChI is InChI=1S/C24H24BrN3O4S2/c1-16(2)15-32-22-13-8-17(14-21(22)25)23(29)27-24(33)26-18-9-11-20(12-10-18)34(30,31)28-19-6-4-3-5-7-19/h3-14,16,28H,15H2,1-2H3,(H2,26,27,29,33). The molecule has 0 saturated heterocycles. The van der Waals surface area contributed by atoms with Crippen molar-refractivity contribution in [3.8, 4) is 5.75 Å². The molecule has 0 spiro atoms. The summed E-state index contributed by atoms with van der Waals surface area (Å²) in [7, 11) is -3.73. The number of sulfonamides is 1. The smallest absolute Gasteiger partial charge is 0.261 e. The number of nitrogens with one attached hydrogen (secondary N) is 3. The number of carbonyl (C=O) groups is 1. The molecule has 0 aliphatic rings. The molecular weight excluding hydrogens is 538 g/mol. The van der Waals surface area contributed by atoms with E-state index in [9.17, 15) is 13.2 Å². The van der Waals surface area contributed by atoms with Crippen molar-refractivity contribution in [1.82, 2.24) is 5.32 Å². The molecule has 34 heavy (non-hydrogen) atoms. The highest BCUT2D eigenvalue weighted by atomic mass is 79.9. The monoisotopic (exact) mass is 561 g/mol. The van der Waals surface area contributed by atoms with Gasteiger partial charge in [-0.3, -0.25) is 14.8 Å². The van der Waals surface area contributed by atoms with Crippen LogP contribution in [0.25, 0.3) is 0 Å². The fourth-order valence-corrected chi connectivity index (χ4v) is 4.55. The van der Waals surface area contributed by atoms with Gasteiger partial charge in [0.25, 0.3) is 15.9 Å². The number of hydrogen-bond acceptors (Lipinski definition) is 5. The molecule has 0 saturated carbocycles. The maximum atomic E-state index is 12.5. The van der Waals surface area contributed by atoms with Crippen LogP contribution in [0.5, 0.6) is 5.75 Å². The molecule has 3 aromatic carbocycles. The molecule has 1 amide bonds. The average molecular weight is 563 g/mol. The zero-order valence-corrected chi connectivity index (χ0v) is 21.8. The second-order valence-corrected chi connectivity index (χ2v) is 10.7. The Morgan fingerprint density at radius 1 is 1.00 bits per heavy atom. The van der Waals surface area contributed by atoms with E-state index in [1.165, 1.54) is 12.1 Å². The Balaban J connectivity index is 1.58. The molecule has 0 aliphatic heterocycles. The molecule has 0 aromatic heterocycles. The highest BCUT2D eigenvalue weighted by Crippen LogP contribution is 2.26. The zero-order valence-electron chi connectivity index (χ0n) is 18.5. The number of anilines is 2. The Bertz CT molecular complexity index is 1270. The lowest BCUT2D eigenvalue weighted by Crippen LogP contribution is -2.34. The third-order valence-electron chi connectivity index (χ3n) is 4.44. The number of amides is 1. The molecular formula is C24H24BrN3O4S2. The third-order valence-corrected chi connectivity index (χ3v) is 6.66. The minimum absolute atomic E-state index is 0.0827. The first-order valence-electron chi connectivity index (χ1n) is 10.4. The Morgan fingerprint density at radius 3 is 2.29 bits per heavy atom. The van der Waals surface area contributed by atoms with Crippen molar-refractivity contribution in [1.29, 1.82) is 0 Å². The van der Waals surface area contributed by atoms with Crippen LogP contribution in [0.4, 0.5) is 11.4 Å². The van der Waals surface area contributed by atoms with Gasteiger partial charge in [-0.15, -0.1) is 0 Å². The maximum absolute atomic E-state index is 12.5. The van der Waals surface area contributed by atoms with Gasteiger partial charge in [0.15, 0.2) is 5.11 Å². The SMILES string of the molecule is CC(C)COc1ccc(C(=O)NC(=S)Nc2ccc(S(=O)(=O)Nc3ccccc3)cc2)cc1Br. The number of benzene rings is 3. The molecule has 0 aliphatic carbocycles. The highest BCUT2D eigenvalue weighted by molar-refractivity contribution is 9.10. The van der Waals surface area contributed by atoms with E-state index in [0.717, 1.165) is 0 Å². The third kappa shape index (κ3) is 7.28. The first-order chi connectivity index (χ1) is 16.1. The summed E-state index contributed by atoms with van der Waals surface area (Å²) in [5.74, 6) is 0.648. The number of para-hydroxylation sites is 1. The summed E-state index contributed by atoms with van der Waals surface area (Å²) in [5.41, 5.74) is 1.41. The summed E-state index contributed by atoms with van der Waals surface area (Å²) in [6.45, 7) is 4.68. The lowest BCUT2D eigenvalue weighted by Gasteiger charge is -2.13. The fraction of sp³-hybridized carbons (Fsp3) is 0.167. The van der Waals surface area contributed by atoms with Crippen molar-refractivity contribution in [2.24, 2.45) is 5.92 Å². The van der Waals surface area contributed by atoms with Gasteiger partial charge < -0.3 is 10.1 Å². The van der Waals surface area contributed by atoms with Crippen LogP contribution in [0.15, 0.2) is 82.2 Å². The molecule has 0 bridgehead atoms. The van der Waals surface area contributed by atoms with Crippen molar-refractivity contribution in [2.45, 2.75) is 18.7 Å². The van der Waals surface area contributed by atoms with Gasteiger partial charge in [-0.1, -0.05) is 32.0 Å². The summed E-state index contributed by atoms with van der Waals surface area (Å²) in [6, 6.07) is 19.7. The topological polar surface area (TPSA) is 96.5 Å². The van der Waals surface area contributed by atoms with Crippen molar-refractivity contribution in [3.05, 3.63) is 82.8 Å². The molecule has 0 radical (unpaired) electrons. The molecule has 178 valence electrons. The second-order valence-electron chi connectivity index (χ2n) is 7.75. The number of thiocarbonyl (C=S) groups is 1. The molecule has 0 fully saturated rings. The van der Waals surface area contributed by atoms with Crippen LogP contribution in [-0.4, -0.2) is 26.0 Å². The summed E-state index contributed by atoms with van der Waals surface area (Å²) in [5, 5.41) is 5.57. The van der Waals surface area contributed by atoms with Gasteiger partial charge in [0, 0.05) is 16.9 Å². The van der Waals surface area contributed by atoms with Gasteiger partial charge in [-0.25, -0.2) is 8.42 Å². The van der Waals surface area contributed by atoms with Crippen LogP contribution in [-0.2, 0) is 10.0 Å². The van der Waals surface area contributed by atoms with Crippen LogP contribution < -0.4 is 20.1 Å². The summed E-state index contributed by atoms with van der Waals surface area (Å²) in [4.78, 5) is 12.6. The van der Waals surface area contributed by atoms with Crippen LogP contribution in [0.2, 0.25) is 0 Å². The predicted octanol–water partition coefficient (Wildman–Crippen LogP) is 5.41. The summed E-state index contributed by atoms with van der Waals surface area (Å²) < 4.78 is 34.0. The first kappa shape index (κ1) is 25.7. The highest BCUT2D eigenvalue weighted by Gasteiger charge is 2.15. The summed E-state index contributed by atoms with van der Waals surface area (Å²) >= 11 is 8.65. The van der Waals surface area contributed by atoms with E-state index in [2.05, 4.69) is 45.1 Å². The Morgan fingerprint density at radius 2 is 1.68 bits per heavy atom. The molecule has 10 heteroatoms. The number of rotatable bonds is 8. The minimum Gasteiger partial charge on any atom is -0.492 e. The van der Waals surface area contributed by atoms with E-state index >= 15 is 0 Å². The van der Waals surface area contributed by atoms with Crippen LogP contribution in [0, 0.1) is 5.92 Å². The van der Waals surface area contributed by atoms with Gasteiger partial charge in [0.2, 0.25) is 0 Å².